The van der Waals surface area contributed by atoms with Gasteiger partial charge in [0.05, 0.1) is 29.0 Å². The van der Waals surface area contributed by atoms with Gasteiger partial charge in [0.15, 0.2) is 0 Å². The number of aromatic nitrogens is 1. The van der Waals surface area contributed by atoms with E-state index in [1.165, 1.54) is 0 Å². The molecule has 0 spiro atoms. The maximum atomic E-state index is 13.4. The second-order valence-corrected chi connectivity index (χ2v) is 10.5. The number of hydrogen-bond donors (Lipinski definition) is 1. The Morgan fingerprint density at radius 1 is 1.21 bits per heavy atom. The van der Waals surface area contributed by atoms with Gasteiger partial charge in [0, 0.05) is 30.1 Å². The highest BCUT2D eigenvalue weighted by atomic mass is 32.2. The van der Waals surface area contributed by atoms with Crippen molar-refractivity contribution in [1.29, 1.82) is 0 Å². The van der Waals surface area contributed by atoms with Crippen LogP contribution in [0.15, 0.2) is 52.9 Å². The van der Waals surface area contributed by atoms with Crippen molar-refractivity contribution in [3.05, 3.63) is 70.9 Å². The van der Waals surface area contributed by atoms with E-state index in [-0.39, 0.29) is 23.4 Å². The summed E-state index contributed by atoms with van der Waals surface area (Å²) >= 11 is 0. The Morgan fingerprint density at radius 2 is 2.03 bits per heavy atom. The zero-order chi connectivity index (χ0) is 23.9. The summed E-state index contributed by atoms with van der Waals surface area (Å²) < 4.78 is 33.6. The van der Waals surface area contributed by atoms with Gasteiger partial charge < -0.3 is 15.4 Å². The minimum absolute atomic E-state index is 0.00470. The van der Waals surface area contributed by atoms with Gasteiger partial charge in [0.1, 0.15) is 11.6 Å². The Kier molecular flexibility index (Phi) is 5.73. The van der Waals surface area contributed by atoms with Crippen LogP contribution < -0.4 is 10.5 Å². The number of amidine groups is 1. The van der Waals surface area contributed by atoms with Crippen molar-refractivity contribution in [2.75, 3.05) is 19.7 Å². The lowest BCUT2D eigenvalue weighted by Gasteiger charge is -2.33. The maximum absolute atomic E-state index is 13.4. The number of para-hydroxylation sites is 1. The zero-order valence-corrected chi connectivity index (χ0v) is 19.7. The summed E-state index contributed by atoms with van der Waals surface area (Å²) in [6.07, 6.45) is 1.82. The van der Waals surface area contributed by atoms with Crippen LogP contribution in [0, 0.1) is 12.8 Å². The van der Waals surface area contributed by atoms with Crippen molar-refractivity contribution in [2.24, 2.45) is 16.0 Å². The quantitative estimate of drug-likeness (QED) is 0.616. The molecule has 1 amide bonds. The highest BCUT2D eigenvalue weighted by Crippen LogP contribution is 2.29. The Morgan fingerprint density at radius 3 is 2.88 bits per heavy atom. The fraction of sp³-hybridized carbons (Fsp3) is 0.320. The fourth-order valence-electron chi connectivity index (χ4n) is 4.78. The summed E-state index contributed by atoms with van der Waals surface area (Å²) in [5.41, 5.74) is 9.38. The smallest absolute Gasteiger partial charge is 0.259 e. The van der Waals surface area contributed by atoms with Gasteiger partial charge in [0.25, 0.3) is 15.9 Å². The van der Waals surface area contributed by atoms with Gasteiger partial charge in [-0.2, -0.15) is 0 Å². The molecular weight excluding hydrogens is 452 g/mol. The Bertz CT molecular complexity index is 1420. The number of carbonyl (C=O) groups excluding carboxylic acids is 1. The zero-order valence-electron chi connectivity index (χ0n) is 18.9. The molecule has 3 aromatic rings. The number of aryl methyl sites for hydroxylation is 1. The van der Waals surface area contributed by atoms with E-state index in [0.29, 0.717) is 42.1 Å². The van der Waals surface area contributed by atoms with Gasteiger partial charge in [0.2, 0.25) is 0 Å². The third-order valence-corrected chi connectivity index (χ3v) is 7.45. The Balaban J connectivity index is 1.32. The van der Waals surface area contributed by atoms with E-state index in [2.05, 4.69) is 9.38 Å². The molecule has 1 atom stereocenters. The van der Waals surface area contributed by atoms with Crippen LogP contribution in [0.3, 0.4) is 0 Å². The van der Waals surface area contributed by atoms with Gasteiger partial charge in [-0.1, -0.05) is 30.3 Å². The number of sulfonamides is 1. The number of likely N-dealkylation sites (tertiary alicyclic amines) is 1. The molecule has 34 heavy (non-hydrogen) atoms. The van der Waals surface area contributed by atoms with E-state index < -0.39 is 10.0 Å². The second-order valence-electron chi connectivity index (χ2n) is 8.89. The standard InChI is InChI=1S/C25H26N4O4S/c1-16-12-20(19-8-2-3-9-21(19)27-16)25(30)29-11-5-6-17(13-29)14-33-22-10-4-7-18-15-34(31,32)28-24(26)23(18)22/h2-4,7-10,12,17H,5-6,11,13-15H2,1H3,(H2,26,28)/t17-/m0/s1. The molecule has 2 aliphatic rings. The predicted molar refractivity (Wildman–Crippen MR) is 130 cm³/mol. The second kappa shape index (κ2) is 8.72. The number of benzene rings is 2. The van der Waals surface area contributed by atoms with Crippen LogP contribution in [0.25, 0.3) is 10.9 Å². The molecule has 0 radical (unpaired) electrons. The summed E-state index contributed by atoms with van der Waals surface area (Å²) in [6, 6.07) is 14.8. The third-order valence-electron chi connectivity index (χ3n) is 6.30. The molecule has 176 valence electrons. The molecule has 9 heteroatoms. The average Bonchev–Trinajstić information content (AvgIpc) is 2.81. The molecule has 3 heterocycles. The number of ether oxygens (including phenoxy) is 1. The number of fused-ring (bicyclic) bond motifs is 2. The van der Waals surface area contributed by atoms with Crippen molar-refractivity contribution in [2.45, 2.75) is 25.5 Å². The van der Waals surface area contributed by atoms with E-state index >= 15 is 0 Å². The number of nitrogens with two attached hydrogens (primary N) is 1. The van der Waals surface area contributed by atoms with Gasteiger partial charge in [-0.25, -0.2) is 8.42 Å². The number of carbonyl (C=O) groups is 1. The molecule has 0 bridgehead atoms. The number of amides is 1. The fourth-order valence-corrected chi connectivity index (χ4v) is 5.87. The molecule has 1 aromatic heterocycles. The first-order valence-electron chi connectivity index (χ1n) is 11.3. The van der Waals surface area contributed by atoms with E-state index in [4.69, 9.17) is 10.5 Å². The van der Waals surface area contributed by atoms with E-state index in [0.717, 1.165) is 29.4 Å². The van der Waals surface area contributed by atoms with Crippen molar-refractivity contribution in [3.8, 4) is 5.75 Å². The number of pyridine rings is 1. The lowest BCUT2D eigenvalue weighted by Crippen LogP contribution is -2.41. The first-order chi connectivity index (χ1) is 16.3. The van der Waals surface area contributed by atoms with Crippen LogP contribution in [-0.4, -0.2) is 49.7 Å². The third kappa shape index (κ3) is 4.35. The Hall–Kier alpha value is -3.46. The number of nitrogens with zero attached hydrogens (tertiary/aromatic N) is 3. The SMILES string of the molecule is Cc1cc(C(=O)N2CCC[C@H](COc3cccc4c3C(N)=NS(=O)(=O)C4)C2)c2ccccc2n1. The highest BCUT2D eigenvalue weighted by molar-refractivity contribution is 7.89. The minimum atomic E-state index is -3.60. The van der Waals surface area contributed by atoms with Crippen LogP contribution >= 0.6 is 0 Å². The molecular formula is C25H26N4O4S. The van der Waals surface area contributed by atoms with Crippen molar-refractivity contribution in [3.63, 3.8) is 0 Å². The first-order valence-corrected chi connectivity index (χ1v) is 12.9. The number of piperidine rings is 1. The predicted octanol–water partition coefficient (Wildman–Crippen LogP) is 3.02. The molecule has 2 N–H and O–H groups in total. The molecule has 8 nitrogen and oxygen atoms in total. The molecule has 0 saturated carbocycles. The van der Waals surface area contributed by atoms with Crippen LogP contribution in [0.4, 0.5) is 0 Å². The molecule has 1 fully saturated rings. The molecule has 5 rings (SSSR count). The van der Waals surface area contributed by atoms with Crippen LogP contribution in [0.5, 0.6) is 5.75 Å². The summed E-state index contributed by atoms with van der Waals surface area (Å²) in [5, 5.41) is 0.858. The molecule has 2 aliphatic heterocycles. The van der Waals surface area contributed by atoms with Crippen molar-refractivity contribution in [1.82, 2.24) is 9.88 Å². The number of hydrogen-bond acceptors (Lipinski definition) is 6. The van der Waals surface area contributed by atoms with Gasteiger partial charge in [-0.3, -0.25) is 9.78 Å². The minimum Gasteiger partial charge on any atom is -0.492 e. The monoisotopic (exact) mass is 478 g/mol. The Labute approximate surface area is 198 Å². The van der Waals surface area contributed by atoms with Crippen LogP contribution in [0.2, 0.25) is 0 Å². The average molecular weight is 479 g/mol. The largest absolute Gasteiger partial charge is 0.492 e. The highest BCUT2D eigenvalue weighted by Gasteiger charge is 2.28. The van der Waals surface area contributed by atoms with Gasteiger partial charge in [-0.05, 0) is 43.5 Å². The summed E-state index contributed by atoms with van der Waals surface area (Å²) in [4.78, 5) is 19.9. The van der Waals surface area contributed by atoms with E-state index in [9.17, 15) is 13.2 Å². The summed E-state index contributed by atoms with van der Waals surface area (Å²) in [5.74, 6) is 0.439. The lowest BCUT2D eigenvalue weighted by molar-refractivity contribution is 0.0635. The number of rotatable bonds is 4. The molecule has 0 aliphatic carbocycles. The topological polar surface area (TPSA) is 115 Å². The normalized spacial score (nSPS) is 19.4. The first kappa shape index (κ1) is 22.3. The van der Waals surface area contributed by atoms with Crippen molar-refractivity contribution < 1.29 is 17.9 Å². The molecule has 0 unspecified atom stereocenters. The van der Waals surface area contributed by atoms with Gasteiger partial charge in [-0.15, -0.1) is 4.40 Å². The van der Waals surface area contributed by atoms with Crippen molar-refractivity contribution >= 4 is 32.7 Å². The lowest BCUT2D eigenvalue weighted by atomic mass is 9.97. The summed E-state index contributed by atoms with van der Waals surface area (Å²) in [7, 11) is -3.60. The van der Waals surface area contributed by atoms with Crippen LogP contribution in [0.1, 0.15) is 40.0 Å². The maximum Gasteiger partial charge on any atom is 0.259 e. The summed E-state index contributed by atoms with van der Waals surface area (Å²) in [6.45, 7) is 3.58. The van der Waals surface area contributed by atoms with Gasteiger partial charge >= 0.3 is 0 Å². The van der Waals surface area contributed by atoms with E-state index in [1.807, 2.05) is 42.2 Å². The van der Waals surface area contributed by atoms with Crippen LogP contribution in [-0.2, 0) is 15.8 Å². The van der Waals surface area contributed by atoms with E-state index in [1.54, 1.807) is 18.2 Å². The molecule has 2 aromatic carbocycles. The molecule has 1 saturated heterocycles.